The first-order valence-corrected chi connectivity index (χ1v) is 11.4. The summed E-state index contributed by atoms with van der Waals surface area (Å²) in [7, 11) is -5.58. The van der Waals surface area contributed by atoms with E-state index in [0.29, 0.717) is 0 Å². The molecule has 0 aliphatic rings. The standard InChI is InChI=1S/C17H20N2O6S2/c1-25-11-12-27(23,24)14-9-7-13(8-10-14)17(20)18-15-5-3-4-6-16(15)19-26(2,21)22/h3-10,19H,11-12H2,1-2H3,(H,18,20). The summed E-state index contributed by atoms with van der Waals surface area (Å²) >= 11 is 0. The normalized spacial score (nSPS) is 11.8. The van der Waals surface area contributed by atoms with Crippen LogP contribution in [-0.4, -0.2) is 48.5 Å². The Morgan fingerprint density at radius 3 is 2.11 bits per heavy atom. The van der Waals surface area contributed by atoms with Crippen LogP contribution in [0.15, 0.2) is 53.4 Å². The average molecular weight is 412 g/mol. The third kappa shape index (κ3) is 6.05. The smallest absolute Gasteiger partial charge is 0.255 e. The molecule has 2 aromatic rings. The van der Waals surface area contributed by atoms with Gasteiger partial charge < -0.3 is 10.1 Å². The van der Waals surface area contributed by atoms with E-state index in [4.69, 9.17) is 4.74 Å². The summed E-state index contributed by atoms with van der Waals surface area (Å²) in [6.07, 6.45) is 1.01. The molecule has 0 bridgehead atoms. The van der Waals surface area contributed by atoms with E-state index in [1.54, 1.807) is 18.2 Å². The van der Waals surface area contributed by atoms with E-state index in [0.717, 1.165) is 6.26 Å². The topological polar surface area (TPSA) is 119 Å². The van der Waals surface area contributed by atoms with Crippen molar-refractivity contribution in [2.45, 2.75) is 4.90 Å². The van der Waals surface area contributed by atoms with Crippen molar-refractivity contribution in [2.75, 3.05) is 35.8 Å². The molecule has 0 unspecified atom stereocenters. The molecule has 2 aromatic carbocycles. The van der Waals surface area contributed by atoms with Crippen molar-refractivity contribution < 1.29 is 26.4 Å². The lowest BCUT2D eigenvalue weighted by atomic mass is 10.2. The zero-order valence-corrected chi connectivity index (χ0v) is 16.4. The van der Waals surface area contributed by atoms with E-state index in [2.05, 4.69) is 10.0 Å². The number of carbonyl (C=O) groups excluding carboxylic acids is 1. The molecule has 1 amide bonds. The predicted molar refractivity (Wildman–Crippen MR) is 103 cm³/mol. The van der Waals surface area contributed by atoms with Crippen LogP contribution in [-0.2, 0) is 24.6 Å². The van der Waals surface area contributed by atoms with Gasteiger partial charge in [0.2, 0.25) is 10.0 Å². The Bertz CT molecular complexity index is 1020. The van der Waals surface area contributed by atoms with E-state index < -0.39 is 25.8 Å². The zero-order valence-electron chi connectivity index (χ0n) is 14.8. The maximum absolute atomic E-state index is 12.4. The van der Waals surface area contributed by atoms with Crippen LogP contribution in [0, 0.1) is 0 Å². The maximum atomic E-state index is 12.4. The molecule has 0 saturated carbocycles. The highest BCUT2D eigenvalue weighted by Crippen LogP contribution is 2.23. The van der Waals surface area contributed by atoms with Crippen LogP contribution in [0.3, 0.4) is 0 Å². The van der Waals surface area contributed by atoms with Crippen LogP contribution in [0.2, 0.25) is 0 Å². The highest BCUT2D eigenvalue weighted by Gasteiger charge is 2.16. The number of sulfonamides is 1. The molecule has 27 heavy (non-hydrogen) atoms. The van der Waals surface area contributed by atoms with Gasteiger partial charge in [-0.2, -0.15) is 0 Å². The number of sulfone groups is 1. The quantitative estimate of drug-likeness (QED) is 0.682. The van der Waals surface area contributed by atoms with E-state index in [1.807, 2.05) is 0 Å². The fraction of sp³-hybridized carbons (Fsp3) is 0.235. The molecule has 0 spiro atoms. The summed E-state index contributed by atoms with van der Waals surface area (Å²) in [6, 6.07) is 11.8. The Kier molecular flexibility index (Phi) is 6.58. The second-order valence-corrected chi connectivity index (χ2v) is 9.57. The van der Waals surface area contributed by atoms with Gasteiger partial charge in [-0.15, -0.1) is 0 Å². The summed E-state index contributed by atoms with van der Waals surface area (Å²) in [5.74, 6) is -0.655. The van der Waals surface area contributed by atoms with Crippen molar-refractivity contribution in [2.24, 2.45) is 0 Å². The minimum absolute atomic E-state index is 0.0781. The van der Waals surface area contributed by atoms with Gasteiger partial charge in [-0.25, -0.2) is 16.8 Å². The second-order valence-electron chi connectivity index (χ2n) is 5.71. The molecular weight excluding hydrogens is 392 g/mol. The summed E-state index contributed by atoms with van der Waals surface area (Å²) in [5.41, 5.74) is 0.742. The molecule has 0 aliphatic heterocycles. The van der Waals surface area contributed by atoms with Crippen LogP contribution in [0.4, 0.5) is 11.4 Å². The maximum Gasteiger partial charge on any atom is 0.255 e. The highest BCUT2D eigenvalue weighted by molar-refractivity contribution is 7.92. The molecule has 0 radical (unpaired) electrons. The second kappa shape index (κ2) is 8.51. The number of amides is 1. The summed E-state index contributed by atoms with van der Waals surface area (Å²) in [6.45, 7) is 0.0781. The van der Waals surface area contributed by atoms with Crippen molar-refractivity contribution in [3.63, 3.8) is 0 Å². The Morgan fingerprint density at radius 2 is 1.56 bits per heavy atom. The zero-order chi connectivity index (χ0) is 20.1. The molecule has 0 heterocycles. The summed E-state index contributed by atoms with van der Waals surface area (Å²) in [4.78, 5) is 12.5. The van der Waals surface area contributed by atoms with E-state index in [-0.39, 0.29) is 34.2 Å². The lowest BCUT2D eigenvalue weighted by molar-refractivity contribution is 0.102. The van der Waals surface area contributed by atoms with E-state index in [9.17, 15) is 21.6 Å². The van der Waals surface area contributed by atoms with E-state index in [1.165, 1.54) is 37.4 Å². The van der Waals surface area contributed by atoms with E-state index >= 15 is 0 Å². The molecule has 2 N–H and O–H groups in total. The summed E-state index contributed by atoms with van der Waals surface area (Å²) in [5, 5.41) is 2.61. The van der Waals surface area contributed by atoms with Gasteiger partial charge in [-0.1, -0.05) is 12.1 Å². The number of hydrogen-bond donors (Lipinski definition) is 2. The fourth-order valence-electron chi connectivity index (χ4n) is 2.20. The van der Waals surface area contributed by atoms with Gasteiger partial charge in [-0.3, -0.25) is 9.52 Å². The lowest BCUT2D eigenvalue weighted by Gasteiger charge is -2.12. The number of nitrogens with one attached hydrogen (secondary N) is 2. The number of rotatable bonds is 8. The van der Waals surface area contributed by atoms with Crippen LogP contribution in [0.1, 0.15) is 10.4 Å². The molecule has 0 aromatic heterocycles. The van der Waals surface area contributed by atoms with Crippen LogP contribution in [0.25, 0.3) is 0 Å². The van der Waals surface area contributed by atoms with Gasteiger partial charge in [0.25, 0.3) is 5.91 Å². The van der Waals surface area contributed by atoms with Gasteiger partial charge in [0.1, 0.15) is 0 Å². The molecule has 0 saturated heterocycles. The first-order valence-electron chi connectivity index (χ1n) is 7.82. The Balaban J connectivity index is 2.18. The van der Waals surface area contributed by atoms with Crippen LogP contribution in [0.5, 0.6) is 0 Å². The minimum atomic E-state index is -3.51. The molecule has 10 heteroatoms. The predicted octanol–water partition coefficient (Wildman–Crippen LogP) is 1.73. The van der Waals surface area contributed by atoms with Crippen LogP contribution < -0.4 is 10.0 Å². The van der Waals surface area contributed by atoms with Crippen molar-refractivity contribution >= 4 is 37.1 Å². The Labute approximate surface area is 158 Å². The number of carbonyl (C=O) groups is 1. The number of para-hydroxylation sites is 2. The van der Waals surface area contributed by atoms with Crippen molar-refractivity contribution in [3.05, 3.63) is 54.1 Å². The van der Waals surface area contributed by atoms with Gasteiger partial charge in [-0.05, 0) is 36.4 Å². The van der Waals surface area contributed by atoms with Crippen LogP contribution >= 0.6 is 0 Å². The molecule has 8 nitrogen and oxygen atoms in total. The number of benzene rings is 2. The largest absolute Gasteiger partial charge is 0.384 e. The molecular formula is C17H20N2O6S2. The number of methoxy groups -OCH3 is 1. The lowest BCUT2D eigenvalue weighted by Crippen LogP contribution is -2.16. The van der Waals surface area contributed by atoms with Crippen molar-refractivity contribution in [1.29, 1.82) is 0 Å². The fourth-order valence-corrected chi connectivity index (χ4v) is 3.95. The Morgan fingerprint density at radius 1 is 0.963 bits per heavy atom. The Hall–Kier alpha value is -2.43. The third-order valence-corrected chi connectivity index (χ3v) is 5.79. The molecule has 0 fully saturated rings. The SMILES string of the molecule is COCCS(=O)(=O)c1ccc(C(=O)Nc2ccccc2NS(C)(=O)=O)cc1. The number of anilines is 2. The highest BCUT2D eigenvalue weighted by atomic mass is 32.2. The molecule has 0 atom stereocenters. The van der Waals surface area contributed by atoms with Gasteiger partial charge >= 0.3 is 0 Å². The monoisotopic (exact) mass is 412 g/mol. The number of hydrogen-bond acceptors (Lipinski definition) is 6. The minimum Gasteiger partial charge on any atom is -0.384 e. The van der Waals surface area contributed by atoms with Gasteiger partial charge in [0, 0.05) is 12.7 Å². The van der Waals surface area contributed by atoms with Gasteiger partial charge in [0.15, 0.2) is 9.84 Å². The first kappa shape index (κ1) is 20.9. The molecule has 2 rings (SSSR count). The average Bonchev–Trinajstić information content (AvgIpc) is 2.60. The first-order chi connectivity index (χ1) is 12.6. The van der Waals surface area contributed by atoms with Crippen molar-refractivity contribution in [3.8, 4) is 0 Å². The number of ether oxygens (including phenoxy) is 1. The van der Waals surface area contributed by atoms with Gasteiger partial charge in [0.05, 0.1) is 34.9 Å². The summed E-state index contributed by atoms with van der Waals surface area (Å²) < 4.78 is 54.1. The third-order valence-electron chi connectivity index (χ3n) is 3.50. The van der Waals surface area contributed by atoms with Crippen molar-refractivity contribution in [1.82, 2.24) is 0 Å². The molecule has 0 aliphatic carbocycles. The molecule has 146 valence electrons.